The Bertz CT molecular complexity index is 383. The van der Waals surface area contributed by atoms with E-state index in [1.54, 1.807) is 0 Å². The minimum Gasteiger partial charge on any atom is -0.380 e. The van der Waals surface area contributed by atoms with Crippen molar-refractivity contribution in [3.63, 3.8) is 0 Å². The first kappa shape index (κ1) is 12.9. The second-order valence-corrected chi connectivity index (χ2v) is 4.98. The monoisotopic (exact) mass is 245 g/mol. The first-order valence-corrected chi connectivity index (χ1v) is 6.88. The summed E-state index contributed by atoms with van der Waals surface area (Å²) in [6.07, 6.45) is 8.57. The van der Waals surface area contributed by atoms with E-state index in [0.717, 1.165) is 37.4 Å². The van der Waals surface area contributed by atoms with E-state index in [2.05, 4.69) is 34.8 Å². The summed E-state index contributed by atoms with van der Waals surface area (Å²) in [4.78, 5) is 6.91. The number of anilines is 2. The molecule has 1 aromatic rings. The summed E-state index contributed by atoms with van der Waals surface area (Å²) in [6.45, 7) is 8.25. The molecule has 1 aromatic heterocycles. The quantitative estimate of drug-likeness (QED) is 0.778. The van der Waals surface area contributed by atoms with Gasteiger partial charge in [0.1, 0.15) is 0 Å². The molecule has 1 aliphatic rings. The lowest BCUT2D eigenvalue weighted by Gasteiger charge is -2.22. The van der Waals surface area contributed by atoms with E-state index in [-0.39, 0.29) is 0 Å². The van der Waals surface area contributed by atoms with Gasteiger partial charge in [0.25, 0.3) is 0 Å². The Kier molecular flexibility index (Phi) is 4.62. The third-order valence-electron chi connectivity index (χ3n) is 3.40. The molecule has 2 rings (SSSR count). The lowest BCUT2D eigenvalue weighted by Crippen LogP contribution is -2.23. The van der Waals surface area contributed by atoms with Crippen LogP contribution in [0.15, 0.2) is 31.0 Å². The molecule has 2 heterocycles. The highest BCUT2D eigenvalue weighted by Gasteiger charge is 2.17. The number of hydrogen-bond acceptors (Lipinski definition) is 3. The summed E-state index contributed by atoms with van der Waals surface area (Å²) in [7, 11) is 0. The van der Waals surface area contributed by atoms with Crippen LogP contribution in [0.4, 0.5) is 11.5 Å². The first-order chi connectivity index (χ1) is 8.81. The largest absolute Gasteiger partial charge is 0.380 e. The number of pyridine rings is 1. The summed E-state index contributed by atoms with van der Waals surface area (Å²) < 4.78 is 0. The average Bonchev–Trinajstić information content (AvgIpc) is 2.91. The van der Waals surface area contributed by atoms with Crippen molar-refractivity contribution in [3.8, 4) is 0 Å². The smallest absolute Gasteiger partial charge is 0.151 e. The molecule has 98 valence electrons. The van der Waals surface area contributed by atoms with E-state index in [9.17, 15) is 0 Å². The van der Waals surface area contributed by atoms with Gasteiger partial charge in [0.2, 0.25) is 0 Å². The van der Waals surface area contributed by atoms with Crippen molar-refractivity contribution >= 4 is 11.5 Å². The van der Waals surface area contributed by atoms with Gasteiger partial charge in [-0.3, -0.25) is 0 Å². The van der Waals surface area contributed by atoms with Gasteiger partial charge in [-0.05, 0) is 44.7 Å². The van der Waals surface area contributed by atoms with E-state index in [1.807, 2.05) is 18.3 Å². The second-order valence-electron chi connectivity index (χ2n) is 4.98. The van der Waals surface area contributed by atoms with Crippen molar-refractivity contribution in [2.75, 3.05) is 23.3 Å². The van der Waals surface area contributed by atoms with E-state index in [0.29, 0.717) is 6.04 Å². The molecule has 0 bridgehead atoms. The Morgan fingerprint density at radius 2 is 2.28 bits per heavy atom. The Labute approximate surface area is 110 Å². The molecule has 3 heteroatoms. The minimum atomic E-state index is 0.452. The third-order valence-corrected chi connectivity index (χ3v) is 3.40. The van der Waals surface area contributed by atoms with Crippen LogP contribution in [-0.4, -0.2) is 24.1 Å². The predicted octanol–water partition coefficient (Wildman–Crippen LogP) is 3.45. The van der Waals surface area contributed by atoms with Crippen LogP contribution in [0.25, 0.3) is 0 Å². The zero-order valence-electron chi connectivity index (χ0n) is 11.2. The molecule has 3 nitrogen and oxygen atoms in total. The molecule has 0 radical (unpaired) electrons. The van der Waals surface area contributed by atoms with Crippen LogP contribution in [0.2, 0.25) is 0 Å². The first-order valence-electron chi connectivity index (χ1n) is 6.88. The fraction of sp³-hybridized carbons (Fsp3) is 0.533. The van der Waals surface area contributed by atoms with Crippen LogP contribution in [0.3, 0.4) is 0 Å². The number of allylic oxidation sites excluding steroid dienone is 1. The lowest BCUT2D eigenvalue weighted by atomic mass is 10.1. The van der Waals surface area contributed by atoms with Crippen LogP contribution >= 0.6 is 0 Å². The van der Waals surface area contributed by atoms with Crippen molar-refractivity contribution in [3.05, 3.63) is 31.0 Å². The molecular weight excluding hydrogens is 222 g/mol. The van der Waals surface area contributed by atoms with Crippen LogP contribution in [-0.2, 0) is 0 Å². The number of nitrogens with one attached hydrogen (secondary N) is 1. The summed E-state index contributed by atoms with van der Waals surface area (Å²) in [6, 6.07) is 4.58. The zero-order chi connectivity index (χ0) is 12.8. The van der Waals surface area contributed by atoms with Crippen molar-refractivity contribution in [2.24, 2.45) is 0 Å². The Hall–Kier alpha value is -1.51. The molecule has 1 N–H and O–H groups in total. The van der Waals surface area contributed by atoms with Gasteiger partial charge in [-0.25, -0.2) is 4.98 Å². The van der Waals surface area contributed by atoms with E-state index in [4.69, 9.17) is 0 Å². The van der Waals surface area contributed by atoms with E-state index >= 15 is 0 Å². The summed E-state index contributed by atoms with van der Waals surface area (Å²) in [5.74, 6) is 1.11. The fourth-order valence-corrected chi connectivity index (χ4v) is 2.40. The van der Waals surface area contributed by atoms with Crippen molar-refractivity contribution < 1.29 is 0 Å². The molecule has 1 atom stereocenters. The highest BCUT2D eigenvalue weighted by molar-refractivity contribution is 5.66. The van der Waals surface area contributed by atoms with Crippen molar-refractivity contribution in [2.45, 2.75) is 38.6 Å². The molecule has 0 aromatic carbocycles. The van der Waals surface area contributed by atoms with Crippen molar-refractivity contribution in [1.82, 2.24) is 4.98 Å². The third kappa shape index (κ3) is 3.25. The topological polar surface area (TPSA) is 28.2 Å². The molecule has 0 amide bonds. The molecule has 1 unspecified atom stereocenters. The Balaban J connectivity index is 2.04. The molecule has 18 heavy (non-hydrogen) atoms. The molecule has 1 saturated heterocycles. The molecule has 1 aliphatic heterocycles. The highest BCUT2D eigenvalue weighted by Crippen LogP contribution is 2.26. The number of nitrogens with zero attached hydrogens (tertiary/aromatic N) is 2. The van der Waals surface area contributed by atoms with Gasteiger partial charge in [-0.15, -0.1) is 6.58 Å². The molecule has 0 saturated carbocycles. The maximum atomic E-state index is 4.54. The summed E-state index contributed by atoms with van der Waals surface area (Å²) in [5, 5.41) is 3.57. The molecule has 0 spiro atoms. The highest BCUT2D eigenvalue weighted by atomic mass is 15.2. The van der Waals surface area contributed by atoms with Crippen LogP contribution < -0.4 is 10.2 Å². The zero-order valence-corrected chi connectivity index (χ0v) is 11.2. The number of rotatable bonds is 6. The normalized spacial score (nSPS) is 16.6. The van der Waals surface area contributed by atoms with E-state index in [1.165, 1.54) is 12.8 Å². The van der Waals surface area contributed by atoms with Gasteiger partial charge in [0.15, 0.2) is 5.82 Å². The molecule has 1 fully saturated rings. The van der Waals surface area contributed by atoms with Gasteiger partial charge < -0.3 is 10.2 Å². The van der Waals surface area contributed by atoms with Crippen LogP contribution in [0, 0.1) is 0 Å². The summed E-state index contributed by atoms with van der Waals surface area (Å²) >= 11 is 0. The predicted molar refractivity (Wildman–Crippen MR) is 78.2 cm³/mol. The van der Waals surface area contributed by atoms with Crippen LogP contribution in [0.1, 0.15) is 32.6 Å². The van der Waals surface area contributed by atoms with Crippen molar-refractivity contribution in [1.29, 1.82) is 0 Å². The van der Waals surface area contributed by atoms with Gasteiger partial charge in [0, 0.05) is 25.3 Å². The van der Waals surface area contributed by atoms with Gasteiger partial charge in [-0.1, -0.05) is 6.08 Å². The average molecular weight is 245 g/mol. The van der Waals surface area contributed by atoms with Crippen LogP contribution in [0.5, 0.6) is 0 Å². The number of hydrogen-bond donors (Lipinski definition) is 1. The van der Waals surface area contributed by atoms with Gasteiger partial charge in [0.05, 0.1) is 5.69 Å². The minimum absolute atomic E-state index is 0.452. The second kappa shape index (κ2) is 6.43. The maximum absolute atomic E-state index is 4.54. The van der Waals surface area contributed by atoms with Gasteiger partial charge in [-0.2, -0.15) is 0 Å². The SMILES string of the molecule is C=CCCC(C)Nc1cccnc1N1CCCC1. The maximum Gasteiger partial charge on any atom is 0.151 e. The van der Waals surface area contributed by atoms with Gasteiger partial charge >= 0.3 is 0 Å². The lowest BCUT2D eigenvalue weighted by molar-refractivity contribution is 0.717. The molecular formula is C15H23N3. The Morgan fingerprint density at radius 3 is 3.00 bits per heavy atom. The Morgan fingerprint density at radius 1 is 1.50 bits per heavy atom. The van der Waals surface area contributed by atoms with E-state index < -0.39 is 0 Å². The number of aromatic nitrogens is 1. The standard InChI is InChI=1S/C15H23N3/c1-3-4-8-13(2)17-14-9-7-10-16-15(14)18-11-5-6-12-18/h3,7,9-10,13,17H,1,4-6,8,11-12H2,2H3. The molecule has 0 aliphatic carbocycles. The summed E-state index contributed by atoms with van der Waals surface area (Å²) in [5.41, 5.74) is 1.16. The fourth-order valence-electron chi connectivity index (χ4n) is 2.40.